The van der Waals surface area contributed by atoms with E-state index in [2.05, 4.69) is 10.6 Å². The molecule has 2 aliphatic heterocycles. The van der Waals surface area contributed by atoms with Gasteiger partial charge < -0.3 is 15.4 Å². The molecule has 0 aromatic heterocycles. The van der Waals surface area contributed by atoms with Crippen LogP contribution in [0.4, 0.5) is 0 Å². The first-order valence-electron chi connectivity index (χ1n) is 5.63. The molecule has 0 spiro atoms. The van der Waals surface area contributed by atoms with Gasteiger partial charge in [-0.2, -0.15) is 0 Å². The van der Waals surface area contributed by atoms with Crippen LogP contribution in [0.25, 0.3) is 0 Å². The summed E-state index contributed by atoms with van der Waals surface area (Å²) in [5.41, 5.74) is 0. The highest BCUT2D eigenvalue weighted by atomic mass is 16.5. The lowest BCUT2D eigenvalue weighted by molar-refractivity contribution is -0.665. The largest absolute Gasteiger partial charge is 0.374 e. The van der Waals surface area contributed by atoms with Crippen molar-refractivity contribution < 1.29 is 10.1 Å². The molecule has 2 heterocycles. The van der Waals surface area contributed by atoms with E-state index in [0.717, 1.165) is 13.1 Å². The Bertz CT molecular complexity index is 124. The van der Waals surface area contributed by atoms with E-state index in [9.17, 15) is 0 Å². The van der Waals surface area contributed by atoms with Crippen molar-refractivity contribution in [3.63, 3.8) is 0 Å². The molecular formula is C10H21N2O+. The van der Waals surface area contributed by atoms with Crippen molar-refractivity contribution in [2.24, 2.45) is 0 Å². The summed E-state index contributed by atoms with van der Waals surface area (Å²) in [5.74, 6) is 0. The van der Waals surface area contributed by atoms with E-state index in [0.29, 0.717) is 12.2 Å². The number of ether oxygens (including phenoxy) is 1. The molecule has 2 rings (SSSR count). The molecule has 3 heteroatoms. The number of quaternary nitrogens is 1. The SMILES string of the molecule is C1CC(OC2CC[NH2+]CC2)CCN1. The van der Waals surface area contributed by atoms with E-state index >= 15 is 0 Å². The average molecular weight is 185 g/mol. The molecule has 0 radical (unpaired) electrons. The minimum atomic E-state index is 0.546. The van der Waals surface area contributed by atoms with Crippen LogP contribution in [0.5, 0.6) is 0 Å². The van der Waals surface area contributed by atoms with Crippen LogP contribution in [0.1, 0.15) is 25.7 Å². The Morgan fingerprint density at radius 2 is 1.54 bits per heavy atom. The van der Waals surface area contributed by atoms with Gasteiger partial charge in [0.05, 0.1) is 25.3 Å². The predicted octanol–water partition coefficient (Wildman–Crippen LogP) is -0.519. The molecule has 0 amide bonds. The third-order valence-electron chi connectivity index (χ3n) is 3.06. The minimum absolute atomic E-state index is 0.546. The molecule has 0 unspecified atom stereocenters. The smallest absolute Gasteiger partial charge is 0.0780 e. The number of nitrogens with two attached hydrogens (primary N) is 1. The minimum Gasteiger partial charge on any atom is -0.374 e. The van der Waals surface area contributed by atoms with Crippen LogP contribution in [0.15, 0.2) is 0 Å². The standard InChI is InChI=1S/C10H20N2O/c1-5-11-6-2-9(1)13-10-3-7-12-8-4-10/h9-12H,1-8H2/p+1. The van der Waals surface area contributed by atoms with E-state index in [1.165, 1.54) is 38.8 Å². The van der Waals surface area contributed by atoms with Crippen LogP contribution >= 0.6 is 0 Å². The number of nitrogens with one attached hydrogen (secondary N) is 1. The second-order valence-electron chi connectivity index (χ2n) is 4.15. The maximum atomic E-state index is 6.07. The third kappa shape index (κ3) is 2.93. The van der Waals surface area contributed by atoms with Gasteiger partial charge in [-0.05, 0) is 25.9 Å². The van der Waals surface area contributed by atoms with Crippen molar-refractivity contribution in [2.45, 2.75) is 37.9 Å². The van der Waals surface area contributed by atoms with Gasteiger partial charge in [-0.15, -0.1) is 0 Å². The van der Waals surface area contributed by atoms with Crippen molar-refractivity contribution in [1.82, 2.24) is 5.32 Å². The summed E-state index contributed by atoms with van der Waals surface area (Å²) in [4.78, 5) is 0. The predicted molar refractivity (Wildman–Crippen MR) is 51.7 cm³/mol. The first-order valence-corrected chi connectivity index (χ1v) is 5.63. The maximum Gasteiger partial charge on any atom is 0.0780 e. The van der Waals surface area contributed by atoms with E-state index < -0.39 is 0 Å². The lowest BCUT2D eigenvalue weighted by Gasteiger charge is -2.29. The molecule has 0 atom stereocenters. The van der Waals surface area contributed by atoms with Gasteiger partial charge in [0.2, 0.25) is 0 Å². The Hall–Kier alpha value is -0.120. The molecule has 13 heavy (non-hydrogen) atoms. The maximum absolute atomic E-state index is 6.07. The molecule has 0 aromatic carbocycles. The van der Waals surface area contributed by atoms with Crippen molar-refractivity contribution >= 4 is 0 Å². The highest BCUT2D eigenvalue weighted by Gasteiger charge is 2.21. The lowest BCUT2D eigenvalue weighted by atomic mass is 10.1. The van der Waals surface area contributed by atoms with E-state index in [1.54, 1.807) is 0 Å². The first-order chi connectivity index (χ1) is 6.45. The number of piperidine rings is 2. The highest BCUT2D eigenvalue weighted by molar-refractivity contribution is 4.71. The molecule has 0 bridgehead atoms. The van der Waals surface area contributed by atoms with Crippen molar-refractivity contribution in [1.29, 1.82) is 0 Å². The fraction of sp³-hybridized carbons (Fsp3) is 1.00. The van der Waals surface area contributed by atoms with Gasteiger partial charge in [0.1, 0.15) is 0 Å². The van der Waals surface area contributed by atoms with Gasteiger partial charge in [-0.1, -0.05) is 0 Å². The monoisotopic (exact) mass is 185 g/mol. The van der Waals surface area contributed by atoms with Crippen LogP contribution < -0.4 is 10.6 Å². The van der Waals surface area contributed by atoms with Crippen LogP contribution in [0.2, 0.25) is 0 Å². The number of rotatable bonds is 2. The second-order valence-corrected chi connectivity index (χ2v) is 4.15. The van der Waals surface area contributed by atoms with Crippen molar-refractivity contribution in [3.8, 4) is 0 Å². The molecule has 2 fully saturated rings. The van der Waals surface area contributed by atoms with Crippen LogP contribution in [-0.2, 0) is 4.74 Å². The molecule has 2 saturated heterocycles. The van der Waals surface area contributed by atoms with E-state index in [1.807, 2.05) is 0 Å². The molecule has 0 aromatic rings. The summed E-state index contributed by atoms with van der Waals surface area (Å²) >= 11 is 0. The Kier molecular flexibility index (Phi) is 3.58. The zero-order chi connectivity index (χ0) is 8.93. The van der Waals surface area contributed by atoms with Gasteiger partial charge >= 0.3 is 0 Å². The van der Waals surface area contributed by atoms with Gasteiger partial charge in [0.15, 0.2) is 0 Å². The zero-order valence-corrected chi connectivity index (χ0v) is 8.30. The molecule has 3 N–H and O–H groups in total. The normalized spacial score (nSPS) is 27.7. The van der Waals surface area contributed by atoms with Gasteiger partial charge in [0, 0.05) is 12.8 Å². The molecule has 3 nitrogen and oxygen atoms in total. The molecule has 0 saturated carbocycles. The van der Waals surface area contributed by atoms with Crippen LogP contribution in [0, 0.1) is 0 Å². The van der Waals surface area contributed by atoms with E-state index in [4.69, 9.17) is 4.74 Å². The van der Waals surface area contributed by atoms with Crippen LogP contribution in [0.3, 0.4) is 0 Å². The third-order valence-corrected chi connectivity index (χ3v) is 3.06. The van der Waals surface area contributed by atoms with Crippen LogP contribution in [-0.4, -0.2) is 38.4 Å². The summed E-state index contributed by atoms with van der Waals surface area (Å²) in [6.45, 7) is 4.80. The Labute approximate surface area is 80.2 Å². The second kappa shape index (κ2) is 4.94. The Morgan fingerprint density at radius 3 is 2.23 bits per heavy atom. The topological polar surface area (TPSA) is 37.9 Å². The molecule has 2 aliphatic rings. The van der Waals surface area contributed by atoms with Crippen molar-refractivity contribution in [3.05, 3.63) is 0 Å². The van der Waals surface area contributed by atoms with Gasteiger partial charge in [0.25, 0.3) is 0 Å². The Balaban J connectivity index is 1.69. The quantitative estimate of drug-likeness (QED) is 0.607. The summed E-state index contributed by atoms with van der Waals surface area (Å²) in [5, 5.41) is 5.76. The summed E-state index contributed by atoms with van der Waals surface area (Å²) in [6, 6.07) is 0. The fourth-order valence-corrected chi connectivity index (χ4v) is 2.24. The van der Waals surface area contributed by atoms with E-state index in [-0.39, 0.29) is 0 Å². The highest BCUT2D eigenvalue weighted by Crippen LogP contribution is 2.14. The zero-order valence-electron chi connectivity index (χ0n) is 8.30. The average Bonchev–Trinajstić information content (AvgIpc) is 2.21. The number of hydrogen-bond donors (Lipinski definition) is 2. The summed E-state index contributed by atoms with van der Waals surface area (Å²) in [7, 11) is 0. The molecule has 76 valence electrons. The van der Waals surface area contributed by atoms with Gasteiger partial charge in [-0.25, -0.2) is 0 Å². The summed E-state index contributed by atoms with van der Waals surface area (Å²) in [6.07, 6.45) is 6.03. The molecular weight excluding hydrogens is 164 g/mol. The lowest BCUT2D eigenvalue weighted by Crippen LogP contribution is -2.86. The fourth-order valence-electron chi connectivity index (χ4n) is 2.24. The van der Waals surface area contributed by atoms with Gasteiger partial charge in [-0.3, -0.25) is 0 Å². The molecule has 0 aliphatic carbocycles. The first kappa shape index (κ1) is 9.44. The van der Waals surface area contributed by atoms with Crippen molar-refractivity contribution in [2.75, 3.05) is 26.2 Å². The Morgan fingerprint density at radius 1 is 0.923 bits per heavy atom. The number of hydrogen-bond acceptors (Lipinski definition) is 2. The summed E-state index contributed by atoms with van der Waals surface area (Å²) < 4.78 is 6.07.